The molecule has 1 atom stereocenters. The van der Waals surface area contributed by atoms with Crippen molar-refractivity contribution in [3.63, 3.8) is 0 Å². The zero-order chi connectivity index (χ0) is 13.8. The van der Waals surface area contributed by atoms with E-state index in [-0.39, 0.29) is 0 Å². The third-order valence-corrected chi connectivity index (χ3v) is 3.14. The summed E-state index contributed by atoms with van der Waals surface area (Å²) in [6.45, 7) is 6.67. The highest BCUT2D eigenvalue weighted by Gasteiger charge is 2.26. The summed E-state index contributed by atoms with van der Waals surface area (Å²) in [6.07, 6.45) is 0.599. The normalized spacial score (nSPS) is 14.6. The molecular weight excluding hydrogens is 250 g/mol. The minimum absolute atomic E-state index is 0.405. The molecule has 0 spiro atoms. The third-order valence-electron chi connectivity index (χ3n) is 2.91. The fourth-order valence-corrected chi connectivity index (χ4v) is 2.01. The molecule has 102 valence electrons. The van der Waals surface area contributed by atoms with Crippen molar-refractivity contribution in [2.45, 2.75) is 38.8 Å². The fourth-order valence-electron chi connectivity index (χ4n) is 1.84. The maximum atomic E-state index is 10.6. The summed E-state index contributed by atoms with van der Waals surface area (Å²) in [5.41, 5.74) is -0.235. The Morgan fingerprint density at radius 1 is 1.44 bits per heavy atom. The van der Waals surface area contributed by atoms with Crippen molar-refractivity contribution >= 4 is 11.6 Å². The summed E-state index contributed by atoms with van der Waals surface area (Å²) < 4.78 is 5.28. The highest BCUT2D eigenvalue weighted by molar-refractivity contribution is 6.30. The number of methoxy groups -OCH3 is 1. The van der Waals surface area contributed by atoms with Crippen LogP contribution in [0.3, 0.4) is 0 Å². The number of hydrogen-bond acceptors (Lipinski definition) is 3. The highest BCUT2D eigenvalue weighted by Crippen LogP contribution is 2.34. The highest BCUT2D eigenvalue weighted by atomic mass is 35.5. The Hall–Kier alpha value is -0.770. The van der Waals surface area contributed by atoms with Gasteiger partial charge < -0.3 is 15.2 Å². The van der Waals surface area contributed by atoms with E-state index in [1.807, 2.05) is 0 Å². The maximum Gasteiger partial charge on any atom is 0.125 e. The van der Waals surface area contributed by atoms with Gasteiger partial charge in [-0.3, -0.25) is 0 Å². The van der Waals surface area contributed by atoms with Gasteiger partial charge in [-0.2, -0.15) is 0 Å². The summed E-state index contributed by atoms with van der Waals surface area (Å²) in [5, 5.41) is 14.4. The van der Waals surface area contributed by atoms with Crippen LogP contribution in [0.2, 0.25) is 5.02 Å². The van der Waals surface area contributed by atoms with Crippen molar-refractivity contribution in [1.82, 2.24) is 5.32 Å². The molecule has 3 nitrogen and oxygen atoms in total. The molecule has 1 aromatic rings. The molecule has 0 aromatic heterocycles. The van der Waals surface area contributed by atoms with Crippen LogP contribution >= 0.6 is 11.6 Å². The van der Waals surface area contributed by atoms with Crippen LogP contribution in [-0.4, -0.2) is 24.8 Å². The van der Waals surface area contributed by atoms with E-state index in [4.69, 9.17) is 16.3 Å². The SMILES string of the molecule is COc1ccc(Cl)cc1C(C)(O)CCNC(C)C. The lowest BCUT2D eigenvalue weighted by Crippen LogP contribution is -2.31. The molecule has 0 radical (unpaired) electrons. The maximum absolute atomic E-state index is 10.6. The zero-order valence-corrected chi connectivity index (χ0v) is 12.2. The predicted octanol–water partition coefficient (Wildman–Crippen LogP) is 2.94. The van der Waals surface area contributed by atoms with Crippen LogP contribution in [0.1, 0.15) is 32.8 Å². The molecule has 0 aliphatic carbocycles. The Kier molecular flexibility index (Phi) is 5.45. The van der Waals surface area contributed by atoms with Gasteiger partial charge in [0.05, 0.1) is 12.7 Å². The molecule has 0 heterocycles. The number of nitrogens with one attached hydrogen (secondary N) is 1. The van der Waals surface area contributed by atoms with Gasteiger partial charge in [0, 0.05) is 16.6 Å². The predicted molar refractivity (Wildman–Crippen MR) is 75.3 cm³/mol. The lowest BCUT2D eigenvalue weighted by molar-refractivity contribution is 0.0450. The second-order valence-corrected chi connectivity index (χ2v) is 5.41. The zero-order valence-electron chi connectivity index (χ0n) is 11.5. The Morgan fingerprint density at radius 3 is 2.67 bits per heavy atom. The van der Waals surface area contributed by atoms with Crippen LogP contribution in [0.25, 0.3) is 0 Å². The molecule has 1 rings (SSSR count). The first kappa shape index (κ1) is 15.3. The van der Waals surface area contributed by atoms with E-state index in [1.165, 1.54) is 0 Å². The Labute approximate surface area is 114 Å². The van der Waals surface area contributed by atoms with Crippen molar-refractivity contribution in [2.24, 2.45) is 0 Å². The van der Waals surface area contributed by atoms with Crippen molar-refractivity contribution in [3.05, 3.63) is 28.8 Å². The minimum Gasteiger partial charge on any atom is -0.496 e. The van der Waals surface area contributed by atoms with Crippen LogP contribution in [0.15, 0.2) is 18.2 Å². The van der Waals surface area contributed by atoms with E-state index in [0.29, 0.717) is 23.2 Å². The molecule has 4 heteroatoms. The number of ether oxygens (including phenoxy) is 1. The van der Waals surface area contributed by atoms with Crippen molar-refractivity contribution in [2.75, 3.05) is 13.7 Å². The quantitative estimate of drug-likeness (QED) is 0.836. The van der Waals surface area contributed by atoms with Crippen LogP contribution in [0.4, 0.5) is 0 Å². The summed E-state index contributed by atoms with van der Waals surface area (Å²) >= 11 is 5.98. The van der Waals surface area contributed by atoms with Gasteiger partial charge in [0.25, 0.3) is 0 Å². The molecule has 1 unspecified atom stereocenters. The first-order valence-corrected chi connectivity index (χ1v) is 6.54. The smallest absolute Gasteiger partial charge is 0.125 e. The molecule has 1 aromatic carbocycles. The lowest BCUT2D eigenvalue weighted by Gasteiger charge is -2.26. The first-order chi connectivity index (χ1) is 8.36. The standard InChI is InChI=1S/C14H22ClNO2/c1-10(2)16-8-7-14(3,17)12-9-11(15)5-6-13(12)18-4/h5-6,9-10,16-17H,7-8H2,1-4H3. The number of rotatable bonds is 6. The minimum atomic E-state index is -0.960. The van der Waals surface area contributed by atoms with Crippen LogP contribution in [-0.2, 0) is 5.60 Å². The van der Waals surface area contributed by atoms with Gasteiger partial charge >= 0.3 is 0 Å². The van der Waals surface area contributed by atoms with Gasteiger partial charge in [-0.1, -0.05) is 25.4 Å². The Balaban J connectivity index is 2.85. The third kappa shape index (κ3) is 4.16. The van der Waals surface area contributed by atoms with E-state index in [0.717, 1.165) is 12.1 Å². The Morgan fingerprint density at radius 2 is 2.11 bits per heavy atom. The largest absolute Gasteiger partial charge is 0.496 e. The Bertz CT molecular complexity index is 391. The molecule has 2 N–H and O–H groups in total. The molecule has 18 heavy (non-hydrogen) atoms. The average Bonchev–Trinajstić information content (AvgIpc) is 2.28. The second kappa shape index (κ2) is 6.41. The van der Waals surface area contributed by atoms with E-state index in [9.17, 15) is 5.11 Å². The van der Waals surface area contributed by atoms with Gasteiger partial charge in [0.15, 0.2) is 0 Å². The van der Waals surface area contributed by atoms with Crippen LogP contribution in [0, 0.1) is 0 Å². The summed E-state index contributed by atoms with van der Waals surface area (Å²) in [6, 6.07) is 5.70. The van der Waals surface area contributed by atoms with Crippen LogP contribution < -0.4 is 10.1 Å². The van der Waals surface area contributed by atoms with Gasteiger partial charge in [0.1, 0.15) is 5.75 Å². The molecule has 0 aliphatic heterocycles. The number of aliphatic hydroxyl groups is 1. The van der Waals surface area contributed by atoms with Crippen molar-refractivity contribution in [3.8, 4) is 5.75 Å². The molecule has 0 saturated heterocycles. The van der Waals surface area contributed by atoms with Crippen molar-refractivity contribution in [1.29, 1.82) is 0 Å². The average molecular weight is 272 g/mol. The van der Waals surface area contributed by atoms with E-state index < -0.39 is 5.60 Å². The fraction of sp³-hybridized carbons (Fsp3) is 0.571. The first-order valence-electron chi connectivity index (χ1n) is 6.16. The summed E-state index contributed by atoms with van der Waals surface area (Å²) in [7, 11) is 1.59. The van der Waals surface area contributed by atoms with Crippen LogP contribution in [0.5, 0.6) is 5.75 Å². The number of benzene rings is 1. The van der Waals surface area contributed by atoms with E-state index in [1.54, 1.807) is 32.2 Å². The van der Waals surface area contributed by atoms with Crippen molar-refractivity contribution < 1.29 is 9.84 Å². The van der Waals surface area contributed by atoms with Gasteiger partial charge in [-0.15, -0.1) is 0 Å². The molecule has 0 fully saturated rings. The van der Waals surface area contributed by atoms with Gasteiger partial charge in [-0.05, 0) is 38.1 Å². The second-order valence-electron chi connectivity index (χ2n) is 4.98. The summed E-state index contributed by atoms with van der Waals surface area (Å²) in [5.74, 6) is 0.661. The van der Waals surface area contributed by atoms with E-state index in [2.05, 4.69) is 19.2 Å². The number of hydrogen-bond donors (Lipinski definition) is 2. The topological polar surface area (TPSA) is 41.5 Å². The molecule has 0 saturated carbocycles. The lowest BCUT2D eigenvalue weighted by atomic mass is 9.91. The van der Waals surface area contributed by atoms with Gasteiger partial charge in [0.2, 0.25) is 0 Å². The molecular formula is C14H22ClNO2. The molecule has 0 amide bonds. The molecule has 0 aliphatic rings. The van der Waals surface area contributed by atoms with Gasteiger partial charge in [-0.25, -0.2) is 0 Å². The summed E-state index contributed by atoms with van der Waals surface area (Å²) in [4.78, 5) is 0. The molecule has 0 bridgehead atoms. The number of halogens is 1. The van der Waals surface area contributed by atoms with E-state index >= 15 is 0 Å². The monoisotopic (exact) mass is 271 g/mol.